The molecule has 0 saturated carbocycles. The molecule has 1 unspecified atom stereocenters. The smallest absolute Gasteiger partial charge is 0.408 e. The topological polar surface area (TPSA) is 95.9 Å². The van der Waals surface area contributed by atoms with E-state index in [9.17, 15) is 9.59 Å². The number of nitrogens with one attached hydrogen (secondary N) is 1. The fraction of sp³-hybridized carbons (Fsp3) is 0.800. The molecule has 0 saturated heterocycles. The van der Waals surface area contributed by atoms with E-state index in [-0.39, 0.29) is 13.0 Å². The first kappa shape index (κ1) is 14.7. The van der Waals surface area contributed by atoms with E-state index >= 15 is 0 Å². The van der Waals surface area contributed by atoms with Gasteiger partial charge in [0.05, 0.1) is 0 Å². The number of aliphatic carboxylic acids is 1. The van der Waals surface area contributed by atoms with Crippen molar-refractivity contribution in [2.24, 2.45) is 0 Å². The van der Waals surface area contributed by atoms with E-state index in [0.29, 0.717) is 0 Å². The Balaban J connectivity index is 4.53. The molecular weight excluding hydrogens is 214 g/mol. The van der Waals surface area contributed by atoms with Gasteiger partial charge in [0, 0.05) is 13.0 Å². The van der Waals surface area contributed by atoms with E-state index in [4.69, 9.17) is 14.9 Å². The predicted molar refractivity (Wildman–Crippen MR) is 57.1 cm³/mol. The molecule has 0 spiro atoms. The van der Waals surface area contributed by atoms with Crippen LogP contribution < -0.4 is 5.32 Å². The molecule has 0 fully saturated rings. The Labute approximate surface area is 94.6 Å². The molecule has 3 N–H and O–H groups in total. The van der Waals surface area contributed by atoms with Gasteiger partial charge in [-0.25, -0.2) is 9.59 Å². The van der Waals surface area contributed by atoms with Crippen molar-refractivity contribution in [3.05, 3.63) is 0 Å². The normalized spacial score (nSPS) is 15.1. The van der Waals surface area contributed by atoms with Gasteiger partial charge in [0.25, 0.3) is 0 Å². The number of aliphatic hydroxyl groups excluding tert-OH is 1. The highest BCUT2D eigenvalue weighted by atomic mass is 16.6. The summed E-state index contributed by atoms with van der Waals surface area (Å²) >= 11 is 0. The SMILES string of the molecule is CC(C)(C)OC(=O)NC(C)(CCO)C(=O)O. The summed E-state index contributed by atoms with van der Waals surface area (Å²) in [4.78, 5) is 22.3. The second kappa shape index (κ2) is 5.16. The first-order valence-corrected chi connectivity index (χ1v) is 4.96. The summed E-state index contributed by atoms with van der Waals surface area (Å²) < 4.78 is 4.93. The number of carbonyl (C=O) groups is 2. The third-order valence-corrected chi connectivity index (χ3v) is 1.86. The summed E-state index contributed by atoms with van der Waals surface area (Å²) in [5.74, 6) is -1.22. The first-order valence-electron chi connectivity index (χ1n) is 4.96. The standard InChI is InChI=1S/C10H19NO5/c1-9(2,3)16-8(15)11-10(4,5-6-12)7(13)14/h12H,5-6H2,1-4H3,(H,11,15)(H,13,14). The second-order valence-electron chi connectivity index (χ2n) is 4.74. The Hall–Kier alpha value is -1.30. The van der Waals surface area contributed by atoms with E-state index in [1.807, 2.05) is 0 Å². The highest BCUT2D eigenvalue weighted by molar-refractivity contribution is 5.83. The molecule has 1 amide bonds. The fourth-order valence-electron chi connectivity index (χ4n) is 0.975. The van der Waals surface area contributed by atoms with Gasteiger partial charge in [0.15, 0.2) is 0 Å². The maximum absolute atomic E-state index is 11.4. The molecule has 0 aliphatic carbocycles. The molecule has 0 aromatic carbocycles. The number of rotatable bonds is 4. The summed E-state index contributed by atoms with van der Waals surface area (Å²) in [5.41, 5.74) is -2.21. The van der Waals surface area contributed by atoms with E-state index in [1.54, 1.807) is 20.8 Å². The molecule has 0 aromatic rings. The van der Waals surface area contributed by atoms with Crippen molar-refractivity contribution in [1.82, 2.24) is 5.32 Å². The van der Waals surface area contributed by atoms with Gasteiger partial charge in [0.2, 0.25) is 0 Å². The van der Waals surface area contributed by atoms with Gasteiger partial charge in [0.1, 0.15) is 11.1 Å². The minimum Gasteiger partial charge on any atom is -0.480 e. The van der Waals surface area contributed by atoms with Gasteiger partial charge < -0.3 is 20.3 Å². The van der Waals surface area contributed by atoms with Crippen LogP contribution in [0.15, 0.2) is 0 Å². The number of hydrogen-bond acceptors (Lipinski definition) is 4. The van der Waals surface area contributed by atoms with E-state index < -0.39 is 23.2 Å². The number of alkyl carbamates (subject to hydrolysis) is 1. The van der Waals surface area contributed by atoms with E-state index in [2.05, 4.69) is 5.32 Å². The number of amides is 1. The lowest BCUT2D eigenvalue weighted by atomic mass is 9.99. The van der Waals surface area contributed by atoms with E-state index in [0.717, 1.165) is 0 Å². The van der Waals surface area contributed by atoms with Crippen LogP contribution in [0, 0.1) is 0 Å². The van der Waals surface area contributed by atoms with E-state index in [1.165, 1.54) is 6.92 Å². The van der Waals surface area contributed by atoms with Crippen LogP contribution in [0.3, 0.4) is 0 Å². The zero-order valence-corrected chi connectivity index (χ0v) is 10.0. The number of carbonyl (C=O) groups excluding carboxylic acids is 1. The van der Waals surface area contributed by atoms with Gasteiger partial charge >= 0.3 is 12.1 Å². The maximum Gasteiger partial charge on any atom is 0.408 e. The second-order valence-corrected chi connectivity index (χ2v) is 4.74. The zero-order chi connectivity index (χ0) is 13.0. The van der Waals surface area contributed by atoms with Crippen molar-refractivity contribution in [3.63, 3.8) is 0 Å². The molecule has 6 nitrogen and oxygen atoms in total. The van der Waals surface area contributed by atoms with Crippen LogP contribution in [0.2, 0.25) is 0 Å². The summed E-state index contributed by atoms with van der Waals surface area (Å²) in [6, 6.07) is 0. The molecule has 1 atom stereocenters. The van der Waals surface area contributed by atoms with Crippen molar-refractivity contribution in [2.75, 3.05) is 6.61 Å². The predicted octanol–water partition coefficient (Wildman–Crippen LogP) is 0.737. The molecule has 6 heteroatoms. The summed E-state index contributed by atoms with van der Waals surface area (Å²) in [6.45, 7) is 6.01. The summed E-state index contributed by atoms with van der Waals surface area (Å²) in [5, 5.41) is 19.9. The van der Waals surface area contributed by atoms with Crippen LogP contribution in [0.5, 0.6) is 0 Å². The molecule has 0 aliphatic heterocycles. The third kappa shape index (κ3) is 4.97. The average molecular weight is 233 g/mol. The quantitative estimate of drug-likeness (QED) is 0.665. The number of carboxylic acids is 1. The van der Waals surface area contributed by atoms with Crippen molar-refractivity contribution in [3.8, 4) is 0 Å². The molecule has 0 heterocycles. The zero-order valence-electron chi connectivity index (χ0n) is 10.0. The van der Waals surface area contributed by atoms with Crippen molar-refractivity contribution in [2.45, 2.75) is 45.3 Å². The number of hydrogen-bond donors (Lipinski definition) is 3. The van der Waals surface area contributed by atoms with Crippen molar-refractivity contribution in [1.29, 1.82) is 0 Å². The minimum absolute atomic E-state index is 0.0818. The van der Waals surface area contributed by atoms with Gasteiger partial charge in [-0.15, -0.1) is 0 Å². The Bertz CT molecular complexity index is 271. The highest BCUT2D eigenvalue weighted by Gasteiger charge is 2.35. The lowest BCUT2D eigenvalue weighted by Crippen LogP contribution is -2.53. The number of ether oxygens (including phenoxy) is 1. The lowest BCUT2D eigenvalue weighted by molar-refractivity contribution is -0.144. The average Bonchev–Trinajstić information content (AvgIpc) is 1.99. The molecule has 0 rings (SSSR count). The summed E-state index contributed by atoms with van der Waals surface area (Å²) in [7, 11) is 0. The Morgan fingerprint density at radius 2 is 1.75 bits per heavy atom. The minimum atomic E-state index is -1.52. The van der Waals surface area contributed by atoms with Crippen LogP contribution >= 0.6 is 0 Å². The van der Waals surface area contributed by atoms with Crippen LogP contribution in [0.4, 0.5) is 4.79 Å². The molecule has 0 aliphatic rings. The highest BCUT2D eigenvalue weighted by Crippen LogP contribution is 2.12. The Kier molecular flexibility index (Phi) is 4.74. The molecular formula is C10H19NO5. The number of aliphatic hydroxyl groups is 1. The van der Waals surface area contributed by atoms with Gasteiger partial charge in [-0.1, -0.05) is 0 Å². The largest absolute Gasteiger partial charge is 0.480 e. The Morgan fingerprint density at radius 1 is 1.25 bits per heavy atom. The van der Waals surface area contributed by atoms with Gasteiger partial charge in [-0.3, -0.25) is 0 Å². The van der Waals surface area contributed by atoms with Crippen molar-refractivity contribution >= 4 is 12.1 Å². The fourth-order valence-corrected chi connectivity index (χ4v) is 0.975. The van der Waals surface area contributed by atoms with Gasteiger partial charge in [-0.05, 0) is 27.7 Å². The summed E-state index contributed by atoms with van der Waals surface area (Å²) in [6.07, 6.45) is -0.896. The van der Waals surface area contributed by atoms with Crippen LogP contribution in [-0.4, -0.2) is 40.0 Å². The monoisotopic (exact) mass is 233 g/mol. The lowest BCUT2D eigenvalue weighted by Gasteiger charge is -2.27. The van der Waals surface area contributed by atoms with Crippen molar-refractivity contribution < 1.29 is 24.5 Å². The van der Waals surface area contributed by atoms with Crippen LogP contribution in [0.25, 0.3) is 0 Å². The third-order valence-electron chi connectivity index (χ3n) is 1.86. The first-order chi connectivity index (χ1) is 7.10. The van der Waals surface area contributed by atoms with Gasteiger partial charge in [-0.2, -0.15) is 0 Å². The Morgan fingerprint density at radius 3 is 2.06 bits per heavy atom. The molecule has 0 bridgehead atoms. The van der Waals surface area contributed by atoms with Crippen LogP contribution in [-0.2, 0) is 9.53 Å². The van der Waals surface area contributed by atoms with Crippen LogP contribution in [0.1, 0.15) is 34.1 Å². The molecule has 0 aromatic heterocycles. The maximum atomic E-state index is 11.4. The molecule has 16 heavy (non-hydrogen) atoms. The molecule has 0 radical (unpaired) electrons. The molecule has 94 valence electrons. The number of carboxylic acid groups (broad SMARTS) is 1.